The summed E-state index contributed by atoms with van der Waals surface area (Å²) in [6.07, 6.45) is 0. The molecule has 146 valence electrons. The van der Waals surface area contributed by atoms with Crippen LogP contribution in [0.4, 0.5) is 0 Å². The Balaban J connectivity index is 1.93. The number of hydrogen-bond acceptors (Lipinski definition) is 7. The molecule has 0 N–H and O–H groups in total. The molecule has 1 aromatic carbocycles. The normalized spacial score (nSPS) is 12.0. The van der Waals surface area contributed by atoms with Crippen LogP contribution in [0.5, 0.6) is 5.75 Å². The standard InChI is InChI=1S/C19H21N5O3S/c1-5-27-14-8-6-13(7-9-14)18-21-20-15-10-11-16(22-24(15)18)28-17(12(2)25)19(26)23(3)4/h6-11,17H,5H2,1-4H3/t17-/m0/s1. The smallest absolute Gasteiger partial charge is 0.243 e. The highest BCUT2D eigenvalue weighted by Gasteiger charge is 2.27. The number of amides is 1. The number of nitrogens with zero attached hydrogens (tertiary/aromatic N) is 5. The quantitative estimate of drug-likeness (QED) is 0.445. The van der Waals surface area contributed by atoms with E-state index in [1.54, 1.807) is 30.7 Å². The topological polar surface area (TPSA) is 89.7 Å². The number of carbonyl (C=O) groups excluding carboxylic acids is 2. The average Bonchev–Trinajstić information content (AvgIpc) is 3.09. The molecule has 3 rings (SSSR count). The van der Waals surface area contributed by atoms with Gasteiger partial charge in [0.2, 0.25) is 5.91 Å². The van der Waals surface area contributed by atoms with Crippen LogP contribution in [-0.4, -0.2) is 62.4 Å². The lowest BCUT2D eigenvalue weighted by Crippen LogP contribution is -2.36. The molecule has 28 heavy (non-hydrogen) atoms. The van der Waals surface area contributed by atoms with Gasteiger partial charge in [0, 0.05) is 19.7 Å². The van der Waals surface area contributed by atoms with Gasteiger partial charge in [0.15, 0.2) is 17.3 Å². The van der Waals surface area contributed by atoms with Crippen molar-refractivity contribution in [2.24, 2.45) is 0 Å². The highest BCUT2D eigenvalue weighted by atomic mass is 32.2. The van der Waals surface area contributed by atoms with Crippen LogP contribution in [0.3, 0.4) is 0 Å². The molecule has 0 saturated carbocycles. The average molecular weight is 399 g/mol. The number of aromatic nitrogens is 4. The van der Waals surface area contributed by atoms with Crippen LogP contribution in [0.2, 0.25) is 0 Å². The Morgan fingerprint density at radius 3 is 2.46 bits per heavy atom. The zero-order valence-corrected chi connectivity index (χ0v) is 16.9. The second-order valence-corrected chi connectivity index (χ2v) is 7.39. The van der Waals surface area contributed by atoms with Crippen LogP contribution < -0.4 is 4.74 Å². The number of Topliss-reactive ketones (excluding diaryl/α,β-unsaturated/α-hetero) is 1. The molecule has 0 aliphatic rings. The van der Waals surface area contributed by atoms with Gasteiger partial charge in [0.25, 0.3) is 0 Å². The first kappa shape index (κ1) is 19.8. The number of benzene rings is 1. The molecule has 9 heteroatoms. The summed E-state index contributed by atoms with van der Waals surface area (Å²) in [7, 11) is 3.25. The molecular formula is C19H21N5O3S. The highest BCUT2D eigenvalue weighted by Crippen LogP contribution is 2.26. The molecule has 0 bridgehead atoms. The number of thioether (sulfide) groups is 1. The van der Waals surface area contributed by atoms with Crippen molar-refractivity contribution in [1.29, 1.82) is 0 Å². The van der Waals surface area contributed by atoms with Gasteiger partial charge in [-0.2, -0.15) is 9.61 Å². The number of rotatable bonds is 7. The van der Waals surface area contributed by atoms with E-state index in [-0.39, 0.29) is 11.7 Å². The Morgan fingerprint density at radius 1 is 1.14 bits per heavy atom. The monoisotopic (exact) mass is 399 g/mol. The Bertz CT molecular complexity index is 1000. The van der Waals surface area contributed by atoms with Crippen molar-refractivity contribution >= 4 is 29.1 Å². The third-order valence-corrected chi connectivity index (χ3v) is 5.16. The van der Waals surface area contributed by atoms with Crippen molar-refractivity contribution in [2.45, 2.75) is 24.1 Å². The minimum Gasteiger partial charge on any atom is -0.494 e. The maximum absolute atomic E-state index is 12.3. The maximum atomic E-state index is 12.3. The van der Waals surface area contributed by atoms with Crippen LogP contribution in [0.1, 0.15) is 13.8 Å². The zero-order chi connectivity index (χ0) is 20.3. The molecule has 0 aliphatic carbocycles. The van der Waals surface area contributed by atoms with E-state index in [0.717, 1.165) is 23.1 Å². The lowest BCUT2D eigenvalue weighted by Gasteiger charge is -2.17. The second-order valence-electron chi connectivity index (χ2n) is 6.26. The molecule has 0 fully saturated rings. The van der Waals surface area contributed by atoms with Gasteiger partial charge in [0.1, 0.15) is 16.0 Å². The molecular weight excluding hydrogens is 378 g/mol. The van der Waals surface area contributed by atoms with Crippen molar-refractivity contribution in [1.82, 2.24) is 24.7 Å². The molecule has 0 aliphatic heterocycles. The third-order valence-electron chi connectivity index (χ3n) is 3.93. The van der Waals surface area contributed by atoms with E-state index in [1.165, 1.54) is 11.8 Å². The number of ether oxygens (including phenoxy) is 1. The molecule has 0 radical (unpaired) electrons. The lowest BCUT2D eigenvalue weighted by atomic mass is 10.2. The first-order valence-electron chi connectivity index (χ1n) is 8.74. The molecule has 0 unspecified atom stereocenters. The zero-order valence-electron chi connectivity index (χ0n) is 16.1. The van der Waals surface area contributed by atoms with Gasteiger partial charge in [-0.3, -0.25) is 9.59 Å². The molecule has 2 aromatic heterocycles. The summed E-state index contributed by atoms with van der Waals surface area (Å²) in [4.78, 5) is 25.6. The van der Waals surface area contributed by atoms with Crippen LogP contribution in [0.15, 0.2) is 41.4 Å². The van der Waals surface area contributed by atoms with E-state index in [1.807, 2.05) is 31.2 Å². The van der Waals surface area contributed by atoms with Crippen LogP contribution in [-0.2, 0) is 9.59 Å². The summed E-state index contributed by atoms with van der Waals surface area (Å²) in [6.45, 7) is 3.93. The van der Waals surface area contributed by atoms with E-state index < -0.39 is 5.25 Å². The van der Waals surface area contributed by atoms with Crippen LogP contribution in [0, 0.1) is 0 Å². The molecule has 2 heterocycles. The third kappa shape index (κ3) is 4.14. The van der Waals surface area contributed by atoms with Gasteiger partial charge in [-0.05, 0) is 50.2 Å². The van der Waals surface area contributed by atoms with Gasteiger partial charge >= 0.3 is 0 Å². The molecule has 8 nitrogen and oxygen atoms in total. The van der Waals surface area contributed by atoms with Crippen molar-refractivity contribution in [3.63, 3.8) is 0 Å². The predicted molar refractivity (Wildman–Crippen MR) is 106 cm³/mol. The first-order chi connectivity index (χ1) is 13.4. The van der Waals surface area contributed by atoms with Crippen molar-refractivity contribution in [3.05, 3.63) is 36.4 Å². The SMILES string of the molecule is CCOc1ccc(-c2nnc3ccc(S[C@@H](C(C)=O)C(=O)N(C)C)nn23)cc1. The van der Waals surface area contributed by atoms with Crippen LogP contribution in [0.25, 0.3) is 17.0 Å². The summed E-state index contributed by atoms with van der Waals surface area (Å²) in [5, 5.41) is 12.6. The van der Waals surface area contributed by atoms with Crippen molar-refractivity contribution < 1.29 is 14.3 Å². The predicted octanol–water partition coefficient (Wildman–Crippen LogP) is 2.33. The maximum Gasteiger partial charge on any atom is 0.243 e. The van der Waals surface area contributed by atoms with Gasteiger partial charge in [-0.1, -0.05) is 11.8 Å². The Morgan fingerprint density at radius 2 is 1.86 bits per heavy atom. The van der Waals surface area contributed by atoms with E-state index in [2.05, 4.69) is 15.3 Å². The summed E-state index contributed by atoms with van der Waals surface area (Å²) in [6, 6.07) is 11.0. The summed E-state index contributed by atoms with van der Waals surface area (Å²) in [5.74, 6) is 0.852. The lowest BCUT2D eigenvalue weighted by molar-refractivity contribution is -0.132. The van der Waals surface area contributed by atoms with E-state index in [9.17, 15) is 9.59 Å². The fourth-order valence-corrected chi connectivity index (χ4v) is 3.54. The minimum absolute atomic E-state index is 0.221. The van der Waals surface area contributed by atoms with Crippen molar-refractivity contribution in [2.75, 3.05) is 20.7 Å². The Labute approximate surface area is 166 Å². The van der Waals surface area contributed by atoms with Gasteiger partial charge in [-0.15, -0.1) is 10.2 Å². The second kappa shape index (κ2) is 8.39. The molecule has 3 aromatic rings. The number of carbonyl (C=O) groups is 2. The molecule has 1 amide bonds. The van der Waals surface area contributed by atoms with Gasteiger partial charge in [0.05, 0.1) is 6.61 Å². The highest BCUT2D eigenvalue weighted by molar-refractivity contribution is 8.01. The van der Waals surface area contributed by atoms with E-state index in [0.29, 0.717) is 23.1 Å². The van der Waals surface area contributed by atoms with E-state index >= 15 is 0 Å². The van der Waals surface area contributed by atoms with E-state index in [4.69, 9.17) is 4.74 Å². The van der Waals surface area contributed by atoms with Gasteiger partial charge in [-0.25, -0.2) is 0 Å². The fraction of sp³-hybridized carbons (Fsp3) is 0.316. The Hall–Kier alpha value is -2.94. The summed E-state index contributed by atoms with van der Waals surface area (Å²) in [5.41, 5.74) is 1.41. The van der Waals surface area contributed by atoms with Crippen LogP contribution >= 0.6 is 11.8 Å². The van der Waals surface area contributed by atoms with Crippen molar-refractivity contribution in [3.8, 4) is 17.1 Å². The van der Waals surface area contributed by atoms with Gasteiger partial charge < -0.3 is 9.64 Å². The minimum atomic E-state index is -0.842. The fourth-order valence-electron chi connectivity index (χ4n) is 2.54. The summed E-state index contributed by atoms with van der Waals surface area (Å²) < 4.78 is 7.07. The first-order valence-corrected chi connectivity index (χ1v) is 9.62. The Kier molecular flexibility index (Phi) is 5.93. The molecule has 0 spiro atoms. The largest absolute Gasteiger partial charge is 0.494 e. The molecule has 0 saturated heterocycles. The molecule has 1 atom stereocenters. The number of hydrogen-bond donors (Lipinski definition) is 0. The summed E-state index contributed by atoms with van der Waals surface area (Å²) >= 11 is 1.12. The number of fused-ring (bicyclic) bond motifs is 1. The number of ketones is 1.